The molecule has 0 radical (unpaired) electrons. The lowest BCUT2D eigenvalue weighted by Crippen LogP contribution is -2.03. The normalized spacial score (nSPS) is 29.3. The molecule has 1 aliphatic heterocycles. The number of hydrogen-bond donors (Lipinski definition) is 0. The van der Waals surface area contributed by atoms with Crippen LogP contribution in [0.3, 0.4) is 0 Å². The fraction of sp³-hybridized carbons (Fsp3) is 0.727. The second kappa shape index (κ2) is 3.52. The number of hydrogen-bond acceptors (Lipinski definition) is 2. The number of cyclic esters (lactones) is 1. The van der Waals surface area contributed by atoms with Gasteiger partial charge in [0.15, 0.2) is 0 Å². The van der Waals surface area contributed by atoms with Crippen LogP contribution < -0.4 is 0 Å². The predicted molar refractivity (Wildman–Crippen MR) is 50.3 cm³/mol. The third kappa shape index (κ3) is 1.77. The number of allylic oxidation sites excluding steroid dienone is 1. The van der Waals surface area contributed by atoms with Gasteiger partial charge in [-0.3, -0.25) is 0 Å². The van der Waals surface area contributed by atoms with Crippen molar-refractivity contribution in [3.63, 3.8) is 0 Å². The van der Waals surface area contributed by atoms with Crippen molar-refractivity contribution < 1.29 is 9.53 Å². The first-order valence-corrected chi connectivity index (χ1v) is 5.19. The van der Waals surface area contributed by atoms with Gasteiger partial charge >= 0.3 is 5.97 Å². The van der Waals surface area contributed by atoms with Gasteiger partial charge in [0.25, 0.3) is 0 Å². The van der Waals surface area contributed by atoms with Crippen LogP contribution in [0.4, 0.5) is 0 Å². The average Bonchev–Trinajstić information content (AvgIpc) is 2.47. The minimum Gasteiger partial charge on any atom is -0.459 e. The molecule has 13 heavy (non-hydrogen) atoms. The Morgan fingerprint density at radius 1 is 1.23 bits per heavy atom. The number of rotatable bonds is 0. The molecule has 2 nitrogen and oxygen atoms in total. The molecule has 0 amide bonds. The molecule has 1 aliphatic carbocycles. The van der Waals surface area contributed by atoms with Crippen LogP contribution >= 0.6 is 0 Å². The molecule has 2 aliphatic rings. The standard InChI is InChI=1S/C11H16O2/c1-8-7-10(11(12)13-8)9-5-3-2-4-6-9/h8H,2-7H2,1H3. The monoisotopic (exact) mass is 180 g/mol. The van der Waals surface area contributed by atoms with Gasteiger partial charge in [-0.2, -0.15) is 0 Å². The largest absolute Gasteiger partial charge is 0.459 e. The molecule has 1 unspecified atom stereocenters. The first-order valence-electron chi connectivity index (χ1n) is 5.19. The van der Waals surface area contributed by atoms with E-state index in [4.69, 9.17) is 4.74 Å². The maximum Gasteiger partial charge on any atom is 0.334 e. The van der Waals surface area contributed by atoms with E-state index >= 15 is 0 Å². The molecule has 1 atom stereocenters. The van der Waals surface area contributed by atoms with Crippen molar-refractivity contribution in [2.24, 2.45) is 0 Å². The van der Waals surface area contributed by atoms with Crippen molar-refractivity contribution in [3.8, 4) is 0 Å². The Kier molecular flexibility index (Phi) is 2.38. The topological polar surface area (TPSA) is 26.3 Å². The molecular weight excluding hydrogens is 164 g/mol. The van der Waals surface area contributed by atoms with Crippen LogP contribution in [-0.2, 0) is 9.53 Å². The summed E-state index contributed by atoms with van der Waals surface area (Å²) in [6.45, 7) is 1.97. The molecule has 2 fully saturated rings. The zero-order chi connectivity index (χ0) is 9.26. The molecule has 72 valence electrons. The lowest BCUT2D eigenvalue weighted by Gasteiger charge is -2.14. The zero-order valence-corrected chi connectivity index (χ0v) is 8.14. The van der Waals surface area contributed by atoms with Crippen LogP contribution in [0, 0.1) is 0 Å². The van der Waals surface area contributed by atoms with Crippen LogP contribution in [0.2, 0.25) is 0 Å². The number of carbonyl (C=O) groups excluding carboxylic acids is 1. The first kappa shape index (κ1) is 8.79. The van der Waals surface area contributed by atoms with Crippen LogP contribution in [0.25, 0.3) is 0 Å². The summed E-state index contributed by atoms with van der Waals surface area (Å²) in [6.07, 6.45) is 7.02. The van der Waals surface area contributed by atoms with Crippen molar-refractivity contribution in [1.29, 1.82) is 0 Å². The quantitative estimate of drug-likeness (QED) is 0.423. The highest BCUT2D eigenvalue weighted by Gasteiger charge is 2.28. The summed E-state index contributed by atoms with van der Waals surface area (Å²) in [6, 6.07) is 0. The van der Waals surface area contributed by atoms with Gasteiger partial charge in [0.2, 0.25) is 0 Å². The van der Waals surface area contributed by atoms with E-state index in [0.717, 1.165) is 24.8 Å². The summed E-state index contributed by atoms with van der Waals surface area (Å²) in [5, 5.41) is 0. The Morgan fingerprint density at radius 2 is 1.92 bits per heavy atom. The molecular formula is C11H16O2. The molecule has 1 saturated carbocycles. The van der Waals surface area contributed by atoms with Crippen molar-refractivity contribution in [2.45, 2.75) is 51.6 Å². The summed E-state index contributed by atoms with van der Waals surface area (Å²) < 4.78 is 5.13. The van der Waals surface area contributed by atoms with Crippen molar-refractivity contribution in [2.75, 3.05) is 0 Å². The van der Waals surface area contributed by atoms with Crippen molar-refractivity contribution >= 4 is 5.97 Å². The third-order valence-corrected chi connectivity index (χ3v) is 2.93. The number of carbonyl (C=O) groups is 1. The Labute approximate surface area is 79.0 Å². The highest BCUT2D eigenvalue weighted by Crippen LogP contribution is 2.31. The van der Waals surface area contributed by atoms with Gasteiger partial charge in [-0.05, 0) is 32.6 Å². The second-order valence-electron chi connectivity index (χ2n) is 4.06. The molecule has 0 aromatic heterocycles. The molecule has 0 aromatic rings. The Balaban J connectivity index is 2.16. The smallest absolute Gasteiger partial charge is 0.334 e. The van der Waals surface area contributed by atoms with Crippen LogP contribution in [0.15, 0.2) is 11.1 Å². The Bertz CT molecular complexity index is 245. The highest BCUT2D eigenvalue weighted by molar-refractivity contribution is 5.91. The fourth-order valence-electron chi connectivity index (χ4n) is 2.24. The second-order valence-corrected chi connectivity index (χ2v) is 4.06. The van der Waals surface area contributed by atoms with Crippen molar-refractivity contribution in [1.82, 2.24) is 0 Å². The fourth-order valence-corrected chi connectivity index (χ4v) is 2.24. The molecule has 2 rings (SSSR count). The van der Waals surface area contributed by atoms with E-state index in [-0.39, 0.29) is 12.1 Å². The van der Waals surface area contributed by atoms with Gasteiger partial charge in [0.05, 0.1) is 0 Å². The lowest BCUT2D eigenvalue weighted by atomic mass is 9.90. The maximum absolute atomic E-state index is 11.4. The van der Waals surface area contributed by atoms with E-state index < -0.39 is 0 Å². The minimum atomic E-state index is -0.0515. The summed E-state index contributed by atoms with van der Waals surface area (Å²) in [5.74, 6) is -0.0515. The van der Waals surface area contributed by atoms with Gasteiger partial charge in [-0.15, -0.1) is 0 Å². The van der Waals surface area contributed by atoms with E-state index in [1.807, 2.05) is 6.92 Å². The number of esters is 1. The van der Waals surface area contributed by atoms with Crippen LogP contribution in [0.5, 0.6) is 0 Å². The van der Waals surface area contributed by atoms with Gasteiger partial charge in [-0.25, -0.2) is 4.79 Å². The van der Waals surface area contributed by atoms with Gasteiger partial charge in [0, 0.05) is 12.0 Å². The Morgan fingerprint density at radius 3 is 2.46 bits per heavy atom. The molecule has 0 bridgehead atoms. The van der Waals surface area contributed by atoms with E-state index in [1.165, 1.54) is 24.8 Å². The lowest BCUT2D eigenvalue weighted by molar-refractivity contribution is -0.138. The molecule has 0 aromatic carbocycles. The van der Waals surface area contributed by atoms with Gasteiger partial charge < -0.3 is 4.74 Å². The van der Waals surface area contributed by atoms with Gasteiger partial charge in [0.1, 0.15) is 6.10 Å². The van der Waals surface area contributed by atoms with E-state index in [2.05, 4.69) is 0 Å². The third-order valence-electron chi connectivity index (χ3n) is 2.93. The predicted octanol–water partition coefficient (Wildman–Crippen LogP) is 2.58. The summed E-state index contributed by atoms with van der Waals surface area (Å²) in [4.78, 5) is 11.4. The van der Waals surface area contributed by atoms with E-state index in [9.17, 15) is 4.79 Å². The molecule has 2 heteroatoms. The SMILES string of the molecule is CC1CC(=C2CCCCC2)C(=O)O1. The molecule has 1 saturated heterocycles. The molecule has 0 N–H and O–H groups in total. The van der Waals surface area contributed by atoms with Crippen LogP contribution in [0.1, 0.15) is 45.4 Å². The van der Waals surface area contributed by atoms with Gasteiger partial charge in [-0.1, -0.05) is 12.0 Å². The average molecular weight is 180 g/mol. The highest BCUT2D eigenvalue weighted by atomic mass is 16.5. The zero-order valence-electron chi connectivity index (χ0n) is 8.14. The summed E-state index contributed by atoms with van der Waals surface area (Å²) in [5.41, 5.74) is 2.37. The Hall–Kier alpha value is -0.790. The summed E-state index contributed by atoms with van der Waals surface area (Å²) >= 11 is 0. The van der Waals surface area contributed by atoms with E-state index in [0.29, 0.717) is 0 Å². The maximum atomic E-state index is 11.4. The number of ether oxygens (including phenoxy) is 1. The minimum absolute atomic E-state index is 0.0515. The van der Waals surface area contributed by atoms with Crippen LogP contribution in [-0.4, -0.2) is 12.1 Å². The molecule has 1 heterocycles. The molecule has 0 spiro atoms. The summed E-state index contributed by atoms with van der Waals surface area (Å²) in [7, 11) is 0. The first-order chi connectivity index (χ1) is 6.27. The van der Waals surface area contributed by atoms with E-state index in [1.54, 1.807) is 0 Å². The van der Waals surface area contributed by atoms with Crippen molar-refractivity contribution in [3.05, 3.63) is 11.1 Å².